The molecule has 3 unspecified atom stereocenters. The molecule has 0 amide bonds. The summed E-state index contributed by atoms with van der Waals surface area (Å²) in [6.07, 6.45) is 9.30. The summed E-state index contributed by atoms with van der Waals surface area (Å²) < 4.78 is 0. The maximum absolute atomic E-state index is 13.6. The molecule has 4 aliphatic rings. The zero-order valence-corrected chi connectivity index (χ0v) is 21.6. The Morgan fingerprint density at radius 3 is 2.63 bits per heavy atom. The highest BCUT2D eigenvalue weighted by molar-refractivity contribution is 5.92. The number of nitrogens with one attached hydrogen (secondary N) is 1. The van der Waals surface area contributed by atoms with Gasteiger partial charge in [-0.15, -0.1) is 0 Å². The number of hydrogen-bond acceptors (Lipinski definition) is 6. The van der Waals surface area contributed by atoms with E-state index in [-0.39, 0.29) is 29.3 Å². The van der Waals surface area contributed by atoms with Crippen LogP contribution in [0.4, 0.5) is 5.69 Å². The van der Waals surface area contributed by atoms with Crippen molar-refractivity contribution in [3.05, 3.63) is 29.1 Å². The Bertz CT molecular complexity index is 1100. The number of anilines is 1. The van der Waals surface area contributed by atoms with Gasteiger partial charge in [-0.25, -0.2) is 0 Å². The first-order valence-corrected chi connectivity index (χ1v) is 13.5. The van der Waals surface area contributed by atoms with Gasteiger partial charge in [-0.05, 0) is 93.6 Å². The number of pyridine rings is 1. The Morgan fingerprint density at radius 2 is 1.89 bits per heavy atom. The van der Waals surface area contributed by atoms with Gasteiger partial charge in [0.15, 0.2) is 17.3 Å². The fourth-order valence-electron chi connectivity index (χ4n) is 8.47. The Kier molecular flexibility index (Phi) is 5.90. The van der Waals surface area contributed by atoms with Crippen LogP contribution in [0.3, 0.4) is 0 Å². The maximum atomic E-state index is 13.6. The Labute approximate surface area is 208 Å². The molecule has 0 spiro atoms. The molecule has 0 aromatic carbocycles. The highest BCUT2D eigenvalue weighted by Gasteiger charge is 2.66. The number of aliphatic hydroxyl groups is 1. The standard InChI is InChI=1S/C29H40N2O4/c1-5-23-26(34)24(14-17(2)31-23)30-16-25(33)29(35)13-10-22-20-7-6-18-15-19(32)8-11-27(18,3)21(20)9-12-28(22,29)4/h14-15,20-22,34-35H,5-13,16H2,1-4H3,(H,30,31)/t20?,21?,22?,27-,28-,29-/m0/s1. The number of hydrogen-bond donors (Lipinski definition) is 3. The second-order valence-corrected chi connectivity index (χ2v) is 12.1. The van der Waals surface area contributed by atoms with E-state index in [1.165, 1.54) is 5.57 Å². The van der Waals surface area contributed by atoms with Crippen molar-refractivity contribution >= 4 is 17.3 Å². The molecule has 0 bridgehead atoms. The van der Waals surface area contributed by atoms with E-state index in [1.54, 1.807) is 6.07 Å². The van der Waals surface area contributed by atoms with E-state index in [4.69, 9.17) is 0 Å². The minimum atomic E-state index is -1.36. The lowest BCUT2D eigenvalue weighted by molar-refractivity contribution is -0.160. The molecule has 6 heteroatoms. The summed E-state index contributed by atoms with van der Waals surface area (Å²) in [5.41, 5.74) is 1.50. The van der Waals surface area contributed by atoms with Gasteiger partial charge < -0.3 is 15.5 Å². The largest absolute Gasteiger partial charge is 0.504 e. The normalized spacial score (nSPS) is 38.3. The first-order valence-electron chi connectivity index (χ1n) is 13.5. The number of carbonyl (C=O) groups excluding carboxylic acids is 2. The number of allylic oxidation sites excluding steroid dienone is 1. The van der Waals surface area contributed by atoms with E-state index in [0.29, 0.717) is 48.4 Å². The third-order valence-electron chi connectivity index (χ3n) is 10.5. The van der Waals surface area contributed by atoms with Crippen molar-refractivity contribution in [3.8, 4) is 5.75 Å². The molecule has 0 saturated heterocycles. The van der Waals surface area contributed by atoms with Crippen LogP contribution in [0, 0.1) is 35.5 Å². The van der Waals surface area contributed by atoms with Gasteiger partial charge in [0.25, 0.3) is 0 Å². The molecule has 5 rings (SSSR count). The molecule has 1 heterocycles. The molecule has 3 N–H and O–H groups in total. The second kappa shape index (κ2) is 8.43. The molecular formula is C29H40N2O4. The number of aromatic nitrogens is 1. The lowest BCUT2D eigenvalue weighted by Crippen LogP contribution is -2.58. The van der Waals surface area contributed by atoms with Gasteiger partial charge in [-0.2, -0.15) is 0 Å². The molecule has 3 saturated carbocycles. The first kappa shape index (κ1) is 24.5. The summed E-state index contributed by atoms with van der Waals surface area (Å²) in [5.74, 6) is 1.49. The molecule has 1 aromatic heterocycles. The predicted molar refractivity (Wildman–Crippen MR) is 135 cm³/mol. The molecule has 0 radical (unpaired) electrons. The zero-order chi connectivity index (χ0) is 25.2. The van der Waals surface area contributed by atoms with Crippen LogP contribution in [0.1, 0.15) is 83.5 Å². The molecule has 190 valence electrons. The molecule has 4 aliphatic carbocycles. The second-order valence-electron chi connectivity index (χ2n) is 12.1. The van der Waals surface area contributed by atoms with Crippen molar-refractivity contribution in [2.45, 2.75) is 91.1 Å². The number of aryl methyl sites for hydroxylation is 2. The van der Waals surface area contributed by atoms with Gasteiger partial charge >= 0.3 is 0 Å². The number of aromatic hydroxyl groups is 1. The SMILES string of the molecule is CCc1nc(C)cc(NCC(=O)[C@@]2(O)CCC3C4CCC5=CC(=O)CC[C@]5(C)C4CC[C@@]32C)c1O. The van der Waals surface area contributed by atoms with Crippen LogP contribution in [0.25, 0.3) is 0 Å². The number of nitrogens with zero attached hydrogens (tertiary/aromatic N) is 1. The van der Waals surface area contributed by atoms with E-state index < -0.39 is 11.0 Å². The van der Waals surface area contributed by atoms with Crippen LogP contribution in [-0.4, -0.2) is 38.9 Å². The molecule has 1 aromatic rings. The van der Waals surface area contributed by atoms with Crippen molar-refractivity contribution in [2.24, 2.45) is 28.6 Å². The molecule has 3 fully saturated rings. The quantitative estimate of drug-likeness (QED) is 0.554. The monoisotopic (exact) mass is 480 g/mol. The van der Waals surface area contributed by atoms with Crippen LogP contribution in [0.2, 0.25) is 0 Å². The maximum Gasteiger partial charge on any atom is 0.183 e. The summed E-state index contributed by atoms with van der Waals surface area (Å²) in [6, 6.07) is 1.75. The summed E-state index contributed by atoms with van der Waals surface area (Å²) in [5, 5.41) is 25.6. The van der Waals surface area contributed by atoms with E-state index in [1.807, 2.05) is 19.9 Å². The van der Waals surface area contributed by atoms with Gasteiger partial charge in [0.05, 0.1) is 17.9 Å². The van der Waals surface area contributed by atoms with Crippen molar-refractivity contribution in [2.75, 3.05) is 11.9 Å². The van der Waals surface area contributed by atoms with E-state index >= 15 is 0 Å². The Hall–Kier alpha value is -2.21. The summed E-state index contributed by atoms with van der Waals surface area (Å²) in [6.45, 7) is 8.28. The van der Waals surface area contributed by atoms with E-state index in [0.717, 1.165) is 44.2 Å². The minimum absolute atomic E-state index is 0.0141. The van der Waals surface area contributed by atoms with Crippen molar-refractivity contribution in [3.63, 3.8) is 0 Å². The van der Waals surface area contributed by atoms with Crippen LogP contribution in [0.5, 0.6) is 5.75 Å². The minimum Gasteiger partial charge on any atom is -0.504 e. The number of fused-ring (bicyclic) bond motifs is 5. The van der Waals surface area contributed by atoms with Crippen molar-refractivity contribution in [1.29, 1.82) is 0 Å². The highest BCUT2D eigenvalue weighted by atomic mass is 16.3. The lowest BCUT2D eigenvalue weighted by Gasteiger charge is -2.58. The summed E-state index contributed by atoms with van der Waals surface area (Å²) in [7, 11) is 0. The topological polar surface area (TPSA) is 99.5 Å². The number of rotatable bonds is 5. The molecule has 35 heavy (non-hydrogen) atoms. The third-order valence-corrected chi connectivity index (χ3v) is 10.5. The third kappa shape index (κ3) is 3.58. The highest BCUT2D eigenvalue weighted by Crippen LogP contribution is 2.67. The number of ketones is 2. The predicted octanol–water partition coefficient (Wildman–Crippen LogP) is 4.90. The fraction of sp³-hybridized carbons (Fsp3) is 0.690. The zero-order valence-electron chi connectivity index (χ0n) is 21.6. The average molecular weight is 481 g/mol. The molecule has 0 aliphatic heterocycles. The van der Waals surface area contributed by atoms with Crippen molar-refractivity contribution < 1.29 is 19.8 Å². The van der Waals surface area contributed by atoms with Crippen molar-refractivity contribution in [1.82, 2.24) is 4.98 Å². The van der Waals surface area contributed by atoms with Gasteiger partial charge in [0, 0.05) is 17.5 Å². The van der Waals surface area contributed by atoms with Crippen LogP contribution >= 0.6 is 0 Å². The van der Waals surface area contributed by atoms with Gasteiger partial charge in [-0.3, -0.25) is 14.6 Å². The smallest absolute Gasteiger partial charge is 0.183 e. The Morgan fingerprint density at radius 1 is 1.14 bits per heavy atom. The fourth-order valence-corrected chi connectivity index (χ4v) is 8.47. The van der Waals surface area contributed by atoms with Crippen LogP contribution < -0.4 is 5.32 Å². The molecule has 6 atom stereocenters. The van der Waals surface area contributed by atoms with Crippen LogP contribution in [-0.2, 0) is 16.0 Å². The molecule has 6 nitrogen and oxygen atoms in total. The molecular weight excluding hydrogens is 440 g/mol. The number of carbonyl (C=O) groups is 2. The summed E-state index contributed by atoms with van der Waals surface area (Å²) in [4.78, 5) is 30.0. The lowest BCUT2D eigenvalue weighted by atomic mass is 9.46. The number of Topliss-reactive ketones (excluding diaryl/α,β-unsaturated/α-hetero) is 1. The van der Waals surface area contributed by atoms with Gasteiger partial charge in [0.2, 0.25) is 0 Å². The van der Waals surface area contributed by atoms with E-state index in [9.17, 15) is 19.8 Å². The Balaban J connectivity index is 1.35. The van der Waals surface area contributed by atoms with Gasteiger partial charge in [-0.1, -0.05) is 26.3 Å². The van der Waals surface area contributed by atoms with Gasteiger partial charge in [0.1, 0.15) is 5.60 Å². The van der Waals surface area contributed by atoms with E-state index in [2.05, 4.69) is 24.1 Å². The summed E-state index contributed by atoms with van der Waals surface area (Å²) >= 11 is 0. The van der Waals surface area contributed by atoms with Crippen LogP contribution in [0.15, 0.2) is 17.7 Å². The average Bonchev–Trinajstić information content (AvgIpc) is 3.11. The first-order chi connectivity index (χ1) is 16.5.